The Morgan fingerprint density at radius 3 is 2.57 bits per heavy atom. The van der Waals surface area contributed by atoms with Crippen LogP contribution >= 0.6 is 0 Å². The summed E-state index contributed by atoms with van der Waals surface area (Å²) in [6.07, 6.45) is 6.48. The number of fused-ring (bicyclic) bond motifs is 2. The first kappa shape index (κ1) is 34.5. The zero-order valence-electron chi connectivity index (χ0n) is 29.3. The number of halogens is 1. The Morgan fingerprint density at radius 2 is 1.81 bits per heavy atom. The number of nitrogens with one attached hydrogen (secondary N) is 3. The molecule has 5 amide bonds. The largest absolute Gasteiger partial charge is 0.493 e. The predicted octanol–water partition coefficient (Wildman–Crippen LogP) is 4.81. The maximum absolute atomic E-state index is 15.1. The molecule has 6 heterocycles. The molecule has 274 valence electrons. The topological polar surface area (TPSA) is 157 Å². The lowest BCUT2D eigenvalue weighted by Crippen LogP contribution is -2.54. The van der Waals surface area contributed by atoms with Crippen molar-refractivity contribution in [3.63, 3.8) is 0 Å². The SMILES string of the molecule is CN1CCC[C@@H]1c1cc2cnc(NC(=O)c3ccc(OCCC4CCN(c5cccc6c5C(=O)N(C5CCC(=O)NC5=O)C6=O)CC4)cc3F)cc2[nH]1. The van der Waals surface area contributed by atoms with Crippen LogP contribution in [0.2, 0.25) is 0 Å². The van der Waals surface area contributed by atoms with Crippen molar-refractivity contribution in [2.75, 3.05) is 43.5 Å². The first-order valence-electron chi connectivity index (χ1n) is 18.2. The maximum atomic E-state index is 15.1. The third kappa shape index (κ3) is 6.63. The molecule has 8 rings (SSSR count). The number of nitrogens with zero attached hydrogens (tertiary/aromatic N) is 4. The molecule has 3 fully saturated rings. The normalized spacial score (nSPS) is 21.0. The van der Waals surface area contributed by atoms with Gasteiger partial charge in [0.15, 0.2) is 0 Å². The molecule has 4 aromatic rings. The third-order valence-corrected chi connectivity index (χ3v) is 11.0. The number of carbonyl (C=O) groups is 5. The van der Waals surface area contributed by atoms with E-state index in [1.807, 2.05) is 6.07 Å². The van der Waals surface area contributed by atoms with Gasteiger partial charge >= 0.3 is 0 Å². The Morgan fingerprint density at radius 1 is 0.981 bits per heavy atom. The van der Waals surface area contributed by atoms with Crippen molar-refractivity contribution in [1.29, 1.82) is 0 Å². The summed E-state index contributed by atoms with van der Waals surface area (Å²) in [7, 11) is 2.11. The standard InChI is InChI=1S/C39H40FN7O6/c1-45-14-3-6-30(45)29-18-23-21-41-33(20-28(23)42-29)43-36(49)25-8-7-24(19-27(25)40)53-17-13-22-11-15-46(16-12-22)31-5-2-4-26-35(31)39(52)47(38(26)51)32-9-10-34(48)44-37(32)50/h2,4-5,7-8,18-22,30,32,42H,3,6,9-17H2,1H3,(H,41,43,49)(H,44,48,50)/t30-,32?/m1/s1. The van der Waals surface area contributed by atoms with Crippen LogP contribution in [0, 0.1) is 11.7 Å². The molecular formula is C39H40FN7O6. The van der Waals surface area contributed by atoms with Crippen LogP contribution < -0.4 is 20.3 Å². The second kappa shape index (κ2) is 14.1. The van der Waals surface area contributed by atoms with Gasteiger partial charge in [0.05, 0.1) is 34.5 Å². The maximum Gasteiger partial charge on any atom is 0.264 e. The highest BCUT2D eigenvalue weighted by molar-refractivity contribution is 6.25. The van der Waals surface area contributed by atoms with E-state index < -0.39 is 41.4 Å². The average molecular weight is 722 g/mol. The summed E-state index contributed by atoms with van der Waals surface area (Å²) in [6, 6.07) is 12.5. The molecule has 13 nitrogen and oxygen atoms in total. The third-order valence-electron chi connectivity index (χ3n) is 11.0. The van der Waals surface area contributed by atoms with Gasteiger partial charge in [0.1, 0.15) is 23.4 Å². The van der Waals surface area contributed by atoms with Crippen LogP contribution in [0.5, 0.6) is 5.75 Å². The van der Waals surface area contributed by atoms with Crippen molar-refractivity contribution >= 4 is 51.9 Å². The Balaban J connectivity index is 0.831. The molecule has 53 heavy (non-hydrogen) atoms. The first-order valence-corrected chi connectivity index (χ1v) is 18.2. The van der Waals surface area contributed by atoms with Crippen molar-refractivity contribution in [2.45, 2.75) is 57.0 Å². The molecule has 1 unspecified atom stereocenters. The molecule has 0 saturated carbocycles. The van der Waals surface area contributed by atoms with Crippen LogP contribution in [0.3, 0.4) is 0 Å². The number of rotatable bonds is 9. The fraction of sp³-hybridized carbons (Fsp3) is 0.385. The van der Waals surface area contributed by atoms with Crippen LogP contribution in [-0.2, 0) is 9.59 Å². The molecule has 2 atom stereocenters. The molecule has 4 aliphatic rings. The van der Waals surface area contributed by atoms with Crippen LogP contribution in [-0.4, -0.2) is 88.6 Å². The number of imide groups is 2. The Labute approximate surface area is 304 Å². The van der Waals surface area contributed by atoms with E-state index in [0.717, 1.165) is 60.1 Å². The molecule has 0 aliphatic carbocycles. The van der Waals surface area contributed by atoms with Gasteiger partial charge in [0, 0.05) is 55.0 Å². The van der Waals surface area contributed by atoms with Gasteiger partial charge in [-0.2, -0.15) is 0 Å². The second-order valence-electron chi connectivity index (χ2n) is 14.3. The highest BCUT2D eigenvalue weighted by Gasteiger charge is 2.46. The number of aromatic amines is 1. The van der Waals surface area contributed by atoms with Crippen LogP contribution in [0.1, 0.15) is 87.8 Å². The van der Waals surface area contributed by atoms with Gasteiger partial charge in [-0.05, 0) is 88.4 Å². The minimum atomic E-state index is -1.01. The smallest absolute Gasteiger partial charge is 0.264 e. The summed E-state index contributed by atoms with van der Waals surface area (Å²) in [5.74, 6) is -2.40. The van der Waals surface area contributed by atoms with Crippen LogP contribution in [0.25, 0.3) is 10.9 Å². The second-order valence-corrected chi connectivity index (χ2v) is 14.3. The predicted molar refractivity (Wildman–Crippen MR) is 193 cm³/mol. The zero-order chi connectivity index (χ0) is 36.8. The molecule has 2 aromatic heterocycles. The summed E-state index contributed by atoms with van der Waals surface area (Å²) in [5.41, 5.74) is 3.08. The van der Waals surface area contributed by atoms with Crippen molar-refractivity contribution in [3.05, 3.63) is 82.9 Å². The number of hydrogen-bond acceptors (Lipinski definition) is 9. The average Bonchev–Trinajstić information content (AvgIpc) is 3.84. The molecule has 14 heteroatoms. The number of piperidine rings is 2. The van der Waals surface area contributed by atoms with E-state index in [1.165, 1.54) is 12.1 Å². The highest BCUT2D eigenvalue weighted by atomic mass is 19.1. The minimum absolute atomic E-state index is 0.0648. The van der Waals surface area contributed by atoms with Gasteiger partial charge in [-0.25, -0.2) is 9.37 Å². The first-order chi connectivity index (χ1) is 25.6. The van der Waals surface area contributed by atoms with Gasteiger partial charge < -0.3 is 19.9 Å². The van der Waals surface area contributed by atoms with E-state index in [9.17, 15) is 24.0 Å². The Kier molecular flexibility index (Phi) is 9.15. The van der Waals surface area contributed by atoms with Gasteiger partial charge in [-0.1, -0.05) is 6.07 Å². The van der Waals surface area contributed by atoms with Gasteiger partial charge in [-0.15, -0.1) is 0 Å². The van der Waals surface area contributed by atoms with E-state index in [4.69, 9.17) is 4.74 Å². The molecule has 3 saturated heterocycles. The number of anilines is 2. The fourth-order valence-electron chi connectivity index (χ4n) is 8.12. The molecule has 4 aliphatic heterocycles. The molecule has 2 aromatic carbocycles. The van der Waals surface area contributed by atoms with Crippen molar-refractivity contribution < 1.29 is 33.1 Å². The Hall–Kier alpha value is -5.63. The number of H-pyrrole nitrogens is 1. The summed E-state index contributed by atoms with van der Waals surface area (Å²) >= 11 is 0. The quantitative estimate of drug-likeness (QED) is 0.207. The van der Waals surface area contributed by atoms with E-state index >= 15 is 4.39 Å². The summed E-state index contributed by atoms with van der Waals surface area (Å²) in [5, 5.41) is 5.89. The van der Waals surface area contributed by atoms with E-state index in [2.05, 4.69) is 43.5 Å². The Bertz CT molecular complexity index is 2140. The van der Waals surface area contributed by atoms with E-state index in [-0.39, 0.29) is 24.0 Å². The lowest BCUT2D eigenvalue weighted by atomic mass is 9.93. The summed E-state index contributed by atoms with van der Waals surface area (Å²) < 4.78 is 21.0. The molecule has 3 N–H and O–H groups in total. The number of carbonyl (C=O) groups excluding carboxylic acids is 5. The highest BCUT2D eigenvalue weighted by Crippen LogP contribution is 2.37. The van der Waals surface area contributed by atoms with Crippen molar-refractivity contribution in [1.82, 2.24) is 25.1 Å². The summed E-state index contributed by atoms with van der Waals surface area (Å²) in [6.45, 7) is 2.73. The number of benzene rings is 2. The van der Waals surface area contributed by atoms with E-state index in [0.29, 0.717) is 54.5 Å². The molecule has 0 bridgehead atoms. The van der Waals surface area contributed by atoms with E-state index in [1.54, 1.807) is 30.5 Å². The number of amides is 5. The van der Waals surface area contributed by atoms with Crippen molar-refractivity contribution in [3.8, 4) is 5.75 Å². The lowest BCUT2D eigenvalue weighted by Gasteiger charge is -2.34. The number of hydrogen-bond donors (Lipinski definition) is 3. The number of pyridine rings is 1. The summed E-state index contributed by atoms with van der Waals surface area (Å²) in [4.78, 5) is 77.1. The monoisotopic (exact) mass is 721 g/mol. The molecular weight excluding hydrogens is 681 g/mol. The zero-order valence-corrected chi connectivity index (χ0v) is 29.3. The lowest BCUT2D eigenvalue weighted by molar-refractivity contribution is -0.136. The fourth-order valence-corrected chi connectivity index (χ4v) is 8.12. The molecule has 0 radical (unpaired) electrons. The van der Waals surface area contributed by atoms with Gasteiger partial charge in [0.2, 0.25) is 11.8 Å². The van der Waals surface area contributed by atoms with Gasteiger partial charge in [-0.3, -0.25) is 39.1 Å². The molecule has 0 spiro atoms. The number of aromatic nitrogens is 2. The van der Waals surface area contributed by atoms with Crippen LogP contribution in [0.15, 0.2) is 54.7 Å². The number of likely N-dealkylation sites (tertiary alicyclic amines) is 1. The minimum Gasteiger partial charge on any atom is -0.493 e. The van der Waals surface area contributed by atoms with Crippen LogP contribution in [0.4, 0.5) is 15.9 Å². The van der Waals surface area contributed by atoms with Crippen molar-refractivity contribution in [2.24, 2.45) is 5.92 Å². The number of ether oxygens (including phenoxy) is 1. The van der Waals surface area contributed by atoms with Gasteiger partial charge in [0.25, 0.3) is 17.7 Å².